The normalized spacial score (nSPS) is 22.6. The maximum atomic E-state index is 14.3. The highest BCUT2D eigenvalue weighted by molar-refractivity contribution is 7.48. The molecule has 1 aliphatic rings. The van der Waals surface area contributed by atoms with Gasteiger partial charge in [-0.15, -0.1) is 0 Å². The molecule has 0 spiro atoms. The number of hydrogen-bond donors (Lipinski definition) is 3. The van der Waals surface area contributed by atoms with E-state index in [2.05, 4.69) is 9.47 Å². The number of ether oxygens (including phenoxy) is 5. The number of phosphoric ester groups is 1. The molecule has 1 aromatic heterocycles. The minimum Gasteiger partial charge on any atom is -0.434 e. The fourth-order valence-electron chi connectivity index (χ4n) is 3.10. The maximum Gasteiger partial charge on any atom is 0.510 e. The number of aromatic amines is 1. The summed E-state index contributed by atoms with van der Waals surface area (Å²) in [5.74, 6) is -0.0375. The van der Waals surface area contributed by atoms with E-state index in [1.807, 2.05) is 4.98 Å². The minimum atomic E-state index is -4.89. The number of carbonyl (C=O) groups is 2. The number of carbonyl (C=O) groups excluding carboxylic acids is 2. The second-order valence-corrected chi connectivity index (χ2v) is 11.2. The molecule has 234 valence electrons. The Labute approximate surface area is 233 Å². The fourth-order valence-corrected chi connectivity index (χ4v) is 4.06. The zero-order valence-electron chi connectivity index (χ0n) is 22.8. The summed E-state index contributed by atoms with van der Waals surface area (Å²) >= 11 is 0. The Morgan fingerprint density at radius 3 is 2.02 bits per heavy atom. The number of halogens is 1. The Kier molecular flexibility index (Phi) is 12.9. The number of aromatic nitrogens is 2. The third kappa shape index (κ3) is 10.2. The van der Waals surface area contributed by atoms with E-state index in [0.29, 0.717) is 4.57 Å². The lowest BCUT2D eigenvalue weighted by Gasteiger charge is -2.30. The first-order chi connectivity index (χ1) is 19.2. The third-order valence-corrected chi connectivity index (χ3v) is 6.46. The van der Waals surface area contributed by atoms with Crippen molar-refractivity contribution in [2.75, 3.05) is 40.1 Å². The van der Waals surface area contributed by atoms with Crippen LogP contribution in [-0.2, 0) is 41.8 Å². The molecule has 1 saturated heterocycles. The van der Waals surface area contributed by atoms with Gasteiger partial charge in [-0.05, 0) is 11.8 Å². The van der Waals surface area contributed by atoms with Crippen molar-refractivity contribution < 1.29 is 66.0 Å². The highest BCUT2D eigenvalue weighted by Crippen LogP contribution is 2.51. The third-order valence-electron chi connectivity index (χ3n) is 5.17. The molecule has 0 aromatic carbocycles. The van der Waals surface area contributed by atoms with Crippen molar-refractivity contribution in [1.29, 1.82) is 0 Å². The molecule has 2 heterocycles. The van der Waals surface area contributed by atoms with Crippen molar-refractivity contribution >= 4 is 20.1 Å². The number of hydrogen-bond acceptors (Lipinski definition) is 15. The van der Waals surface area contributed by atoms with Crippen molar-refractivity contribution in [1.82, 2.24) is 9.55 Å². The van der Waals surface area contributed by atoms with E-state index in [9.17, 15) is 38.3 Å². The number of alkyl halides is 1. The summed E-state index contributed by atoms with van der Waals surface area (Å²) in [6.07, 6.45) is -7.12. The van der Waals surface area contributed by atoms with E-state index in [-0.39, 0.29) is 25.0 Å². The van der Waals surface area contributed by atoms with Gasteiger partial charge in [-0.2, -0.15) is 0 Å². The average Bonchev–Trinajstić information content (AvgIpc) is 3.15. The number of phosphoric acid groups is 1. The quantitative estimate of drug-likeness (QED) is 0.143. The van der Waals surface area contributed by atoms with Crippen LogP contribution < -0.4 is 11.2 Å². The van der Waals surface area contributed by atoms with Gasteiger partial charge >= 0.3 is 25.8 Å². The zero-order valence-corrected chi connectivity index (χ0v) is 23.7. The van der Waals surface area contributed by atoms with Gasteiger partial charge in [0.15, 0.2) is 11.8 Å². The molecule has 0 amide bonds. The van der Waals surface area contributed by atoms with Crippen molar-refractivity contribution in [2.45, 2.75) is 51.7 Å². The Balaban J connectivity index is 2.14. The van der Waals surface area contributed by atoms with Gasteiger partial charge in [0.2, 0.25) is 13.6 Å². The molecule has 2 rings (SSSR count). The van der Waals surface area contributed by atoms with E-state index in [1.165, 1.54) is 0 Å². The highest BCUT2D eigenvalue weighted by Gasteiger charge is 2.56. The highest BCUT2D eigenvalue weighted by atomic mass is 31.2. The Morgan fingerprint density at radius 1 is 1.02 bits per heavy atom. The van der Waals surface area contributed by atoms with Crippen molar-refractivity contribution in [3.63, 3.8) is 0 Å². The van der Waals surface area contributed by atoms with Gasteiger partial charge in [-0.1, -0.05) is 27.7 Å². The van der Waals surface area contributed by atoms with Crippen LogP contribution in [0.1, 0.15) is 33.9 Å². The topological polar surface area (TPSA) is 220 Å². The van der Waals surface area contributed by atoms with Crippen molar-refractivity contribution in [3.05, 3.63) is 33.1 Å². The van der Waals surface area contributed by atoms with Crippen LogP contribution in [0.2, 0.25) is 0 Å². The Bertz CT molecular complexity index is 1140. The molecule has 41 heavy (non-hydrogen) atoms. The molecule has 17 nitrogen and oxygen atoms in total. The van der Waals surface area contributed by atoms with Crippen LogP contribution in [0, 0.1) is 11.8 Å². The summed E-state index contributed by atoms with van der Waals surface area (Å²) in [6, 6.07) is 0.921. The van der Waals surface area contributed by atoms with Crippen LogP contribution >= 0.6 is 7.82 Å². The molecular formula is C22H34FN2O15P. The Hall–Kier alpha value is -2.86. The van der Waals surface area contributed by atoms with E-state index in [0.717, 1.165) is 12.3 Å². The van der Waals surface area contributed by atoms with Crippen LogP contribution in [0.15, 0.2) is 21.9 Å². The second kappa shape index (κ2) is 15.4. The minimum absolute atomic E-state index is 0.00591. The van der Waals surface area contributed by atoms with Crippen LogP contribution in [0.3, 0.4) is 0 Å². The first kappa shape index (κ1) is 34.3. The molecule has 3 N–H and O–H groups in total. The van der Waals surface area contributed by atoms with Gasteiger partial charge in [-0.25, -0.2) is 32.4 Å². The monoisotopic (exact) mass is 616 g/mol. The fraction of sp³-hybridized carbons (Fsp3) is 0.727. The number of nitrogens with one attached hydrogen (secondary N) is 1. The first-order valence-corrected chi connectivity index (χ1v) is 13.7. The molecule has 1 fully saturated rings. The number of aliphatic hydroxyl groups excluding tert-OH is 2. The van der Waals surface area contributed by atoms with Crippen LogP contribution in [0.5, 0.6) is 0 Å². The molecule has 0 saturated carbocycles. The molecule has 19 heteroatoms. The molecular weight excluding hydrogens is 582 g/mol. The van der Waals surface area contributed by atoms with Crippen molar-refractivity contribution in [2.24, 2.45) is 11.8 Å². The van der Waals surface area contributed by atoms with Gasteiger partial charge in [0.05, 0.1) is 19.8 Å². The van der Waals surface area contributed by atoms with Gasteiger partial charge < -0.3 is 33.9 Å². The lowest BCUT2D eigenvalue weighted by molar-refractivity contribution is -0.140. The average molecular weight is 616 g/mol. The van der Waals surface area contributed by atoms with E-state index in [1.54, 1.807) is 27.7 Å². The SMILES string of the molecule is CC(C)COC(=O)OCOP(=O)(OCOC(=O)OCC(C)C)OC[C@@]1(CF)O[C@@H](n2ccc(=O)[nH]c2=O)[C@@H](O)[C@@H]1O. The molecule has 0 bridgehead atoms. The standard InChI is InChI=1S/C22H34FN2O15P/c1-13(2)7-33-20(30)35-11-38-41(32,39-12-36-21(31)34-8-14(3)4)37-10-22(9-23)17(28)16(27)18(40-22)25-6-5-15(26)24-19(25)29/h5-6,13-14,16-18,27-28H,7-12H2,1-4H3,(H,24,26,29)/t16-,17-,18+,22+/m0/s1. The van der Waals surface area contributed by atoms with Gasteiger partial charge in [-0.3, -0.25) is 18.9 Å². The van der Waals surface area contributed by atoms with E-state index in [4.69, 9.17) is 27.8 Å². The summed E-state index contributed by atoms with van der Waals surface area (Å²) in [6.45, 7) is 2.29. The lowest BCUT2D eigenvalue weighted by atomic mass is 9.98. The molecule has 0 aliphatic carbocycles. The summed E-state index contributed by atoms with van der Waals surface area (Å²) < 4.78 is 67.2. The van der Waals surface area contributed by atoms with Gasteiger partial charge in [0.25, 0.3) is 5.56 Å². The smallest absolute Gasteiger partial charge is 0.434 e. The number of aliphatic hydroxyl groups is 2. The van der Waals surface area contributed by atoms with Crippen LogP contribution in [0.25, 0.3) is 0 Å². The first-order valence-electron chi connectivity index (χ1n) is 12.3. The molecule has 1 aromatic rings. The number of nitrogens with zero attached hydrogens (tertiary/aromatic N) is 1. The van der Waals surface area contributed by atoms with E-state index < -0.39 is 82.3 Å². The predicted octanol–water partition coefficient (Wildman–Crippen LogP) is 1.19. The van der Waals surface area contributed by atoms with Gasteiger partial charge in [0.1, 0.15) is 18.9 Å². The summed E-state index contributed by atoms with van der Waals surface area (Å²) in [4.78, 5) is 48.7. The van der Waals surface area contributed by atoms with Crippen LogP contribution in [0.4, 0.5) is 14.0 Å². The summed E-state index contributed by atoms with van der Waals surface area (Å²) in [7, 11) is -4.89. The largest absolute Gasteiger partial charge is 0.510 e. The molecule has 1 aliphatic heterocycles. The Morgan fingerprint density at radius 2 is 1.56 bits per heavy atom. The zero-order chi connectivity index (χ0) is 30.8. The van der Waals surface area contributed by atoms with Crippen LogP contribution in [-0.4, -0.2) is 90.0 Å². The molecule has 0 unspecified atom stereocenters. The maximum absolute atomic E-state index is 14.3. The predicted molar refractivity (Wildman–Crippen MR) is 132 cm³/mol. The second-order valence-electron chi connectivity index (χ2n) is 9.57. The van der Waals surface area contributed by atoms with Gasteiger partial charge in [0, 0.05) is 12.3 Å². The molecule has 4 atom stereocenters. The number of H-pyrrole nitrogens is 1. The summed E-state index contributed by atoms with van der Waals surface area (Å²) in [5, 5.41) is 21.0. The summed E-state index contributed by atoms with van der Waals surface area (Å²) in [5.41, 5.74) is -4.24. The molecule has 0 radical (unpaired) electrons. The lowest BCUT2D eigenvalue weighted by Crippen LogP contribution is -2.48. The van der Waals surface area contributed by atoms with E-state index >= 15 is 0 Å². The number of rotatable bonds is 15. The van der Waals surface area contributed by atoms with Crippen molar-refractivity contribution in [3.8, 4) is 0 Å².